The Bertz CT molecular complexity index is 102. The van der Waals surface area contributed by atoms with Crippen LogP contribution < -0.4 is 0 Å². The molecule has 0 aliphatic carbocycles. The molecule has 0 heterocycles. The number of hydrogen-bond donors (Lipinski definition) is 0. The summed E-state index contributed by atoms with van der Waals surface area (Å²) in [4.78, 5) is 10.5. The van der Waals surface area contributed by atoms with E-state index >= 15 is 0 Å². The number of carbonyl (C=O) groups is 1. The minimum atomic E-state index is -0.141. The van der Waals surface area contributed by atoms with Crippen LogP contribution in [0.2, 0.25) is 0 Å². The third kappa shape index (κ3) is 7.14. The van der Waals surface area contributed by atoms with Crippen molar-refractivity contribution in [1.29, 1.82) is 0 Å². The molecule has 0 fully saturated rings. The Morgan fingerprint density at radius 2 is 2.30 bits per heavy atom. The van der Waals surface area contributed by atoms with Gasteiger partial charge in [-0.15, -0.1) is 0 Å². The van der Waals surface area contributed by atoms with Gasteiger partial charge in [0.05, 0.1) is 0 Å². The van der Waals surface area contributed by atoms with E-state index in [0.29, 0.717) is 13.0 Å². The summed E-state index contributed by atoms with van der Waals surface area (Å²) in [5.74, 6) is -0.141. The SMILES string of the molecule is C=CCOC(=O)CCC.F. The van der Waals surface area contributed by atoms with Gasteiger partial charge in [-0.3, -0.25) is 9.50 Å². The van der Waals surface area contributed by atoms with Crippen molar-refractivity contribution in [2.45, 2.75) is 19.8 Å². The third-order valence-corrected chi connectivity index (χ3v) is 0.816. The predicted molar refractivity (Wildman–Crippen MR) is 38.6 cm³/mol. The van der Waals surface area contributed by atoms with Crippen LogP contribution in [0, 0.1) is 0 Å². The highest BCUT2D eigenvalue weighted by atomic mass is 19.0. The van der Waals surface area contributed by atoms with E-state index in [2.05, 4.69) is 11.3 Å². The van der Waals surface area contributed by atoms with Gasteiger partial charge in [-0.25, -0.2) is 0 Å². The quantitative estimate of drug-likeness (QED) is 0.447. The van der Waals surface area contributed by atoms with E-state index < -0.39 is 0 Å². The van der Waals surface area contributed by atoms with Crippen LogP contribution in [-0.2, 0) is 9.53 Å². The Kier molecular flexibility index (Phi) is 9.67. The molecule has 0 unspecified atom stereocenters. The molecular weight excluding hydrogens is 135 g/mol. The van der Waals surface area contributed by atoms with Crippen molar-refractivity contribution in [2.24, 2.45) is 0 Å². The highest BCUT2D eigenvalue weighted by Gasteiger charge is 1.96. The van der Waals surface area contributed by atoms with E-state index in [1.807, 2.05) is 6.92 Å². The van der Waals surface area contributed by atoms with Crippen molar-refractivity contribution in [1.82, 2.24) is 0 Å². The molecule has 0 N–H and O–H groups in total. The molecule has 0 saturated heterocycles. The van der Waals surface area contributed by atoms with Crippen molar-refractivity contribution >= 4 is 5.97 Å². The number of esters is 1. The van der Waals surface area contributed by atoms with Gasteiger partial charge in [0, 0.05) is 6.42 Å². The molecule has 0 aromatic carbocycles. The number of ether oxygens (including phenoxy) is 1. The van der Waals surface area contributed by atoms with Gasteiger partial charge in [-0.2, -0.15) is 0 Å². The van der Waals surface area contributed by atoms with Gasteiger partial charge in [0.25, 0.3) is 0 Å². The molecule has 2 nitrogen and oxygen atoms in total. The Balaban J connectivity index is 0. The fourth-order valence-electron chi connectivity index (χ4n) is 0.428. The zero-order valence-electron chi connectivity index (χ0n) is 6.13. The minimum absolute atomic E-state index is 0. The third-order valence-electron chi connectivity index (χ3n) is 0.816. The van der Waals surface area contributed by atoms with Gasteiger partial charge in [0.1, 0.15) is 6.61 Å². The fraction of sp³-hybridized carbons (Fsp3) is 0.571. The summed E-state index contributed by atoms with van der Waals surface area (Å²) in [6.07, 6.45) is 2.91. The summed E-state index contributed by atoms with van der Waals surface area (Å²) >= 11 is 0. The molecule has 10 heavy (non-hydrogen) atoms. The Morgan fingerprint density at radius 3 is 2.70 bits per heavy atom. The van der Waals surface area contributed by atoms with E-state index in [1.54, 1.807) is 6.08 Å². The van der Waals surface area contributed by atoms with Crippen molar-refractivity contribution in [3.05, 3.63) is 12.7 Å². The number of hydrogen-bond acceptors (Lipinski definition) is 2. The van der Waals surface area contributed by atoms with Crippen molar-refractivity contribution in [2.75, 3.05) is 6.61 Å². The molecule has 0 aliphatic heterocycles. The van der Waals surface area contributed by atoms with Crippen molar-refractivity contribution in [3.63, 3.8) is 0 Å². The molecule has 60 valence electrons. The number of carbonyl (C=O) groups excluding carboxylic acids is 1. The van der Waals surface area contributed by atoms with Gasteiger partial charge in [-0.1, -0.05) is 19.6 Å². The van der Waals surface area contributed by atoms with Gasteiger partial charge in [0.15, 0.2) is 0 Å². The van der Waals surface area contributed by atoms with Gasteiger partial charge in [-0.05, 0) is 6.42 Å². The average Bonchev–Trinajstić information content (AvgIpc) is 1.85. The predicted octanol–water partition coefficient (Wildman–Crippen LogP) is 1.67. The lowest BCUT2D eigenvalue weighted by Crippen LogP contribution is -2.02. The maximum atomic E-state index is 10.5. The molecule has 0 amide bonds. The van der Waals surface area contributed by atoms with E-state index in [-0.39, 0.29) is 10.7 Å². The van der Waals surface area contributed by atoms with Gasteiger partial charge in [0.2, 0.25) is 0 Å². The highest BCUT2D eigenvalue weighted by molar-refractivity contribution is 5.69. The Hall–Kier alpha value is -0.860. The van der Waals surface area contributed by atoms with Gasteiger partial charge < -0.3 is 4.74 Å². The van der Waals surface area contributed by atoms with Crippen LogP contribution in [0.5, 0.6) is 0 Å². The topological polar surface area (TPSA) is 26.3 Å². The summed E-state index contributed by atoms with van der Waals surface area (Å²) in [6.45, 7) is 5.69. The molecule has 0 radical (unpaired) electrons. The van der Waals surface area contributed by atoms with Crippen LogP contribution in [0.1, 0.15) is 19.8 Å². The molecule has 0 spiro atoms. The number of halogens is 1. The van der Waals surface area contributed by atoms with Gasteiger partial charge >= 0.3 is 5.97 Å². The molecule has 0 bridgehead atoms. The van der Waals surface area contributed by atoms with Crippen LogP contribution in [0.15, 0.2) is 12.7 Å². The van der Waals surface area contributed by atoms with E-state index in [4.69, 9.17) is 0 Å². The normalized spacial score (nSPS) is 7.70. The molecule has 0 aromatic heterocycles. The highest BCUT2D eigenvalue weighted by Crippen LogP contribution is 1.89. The first kappa shape index (κ1) is 11.9. The number of rotatable bonds is 4. The standard InChI is InChI=1S/C7H12O2.FH/c1-3-5-7(8)9-6-4-2;/h4H,2-3,5-6H2,1H3;1H. The largest absolute Gasteiger partial charge is 0.461 e. The van der Waals surface area contributed by atoms with E-state index in [0.717, 1.165) is 6.42 Å². The van der Waals surface area contributed by atoms with Crippen molar-refractivity contribution < 1.29 is 14.2 Å². The van der Waals surface area contributed by atoms with Crippen LogP contribution in [0.25, 0.3) is 0 Å². The second kappa shape index (κ2) is 8.14. The van der Waals surface area contributed by atoms with Crippen LogP contribution in [0.3, 0.4) is 0 Å². The van der Waals surface area contributed by atoms with Crippen LogP contribution >= 0.6 is 0 Å². The van der Waals surface area contributed by atoms with Crippen LogP contribution in [0.4, 0.5) is 4.70 Å². The first-order valence-electron chi connectivity index (χ1n) is 3.07. The second-order valence-electron chi connectivity index (χ2n) is 1.72. The molecule has 0 aromatic rings. The summed E-state index contributed by atoms with van der Waals surface area (Å²) in [5, 5.41) is 0. The van der Waals surface area contributed by atoms with Crippen molar-refractivity contribution in [3.8, 4) is 0 Å². The Morgan fingerprint density at radius 1 is 1.70 bits per heavy atom. The molecule has 0 saturated carbocycles. The minimum Gasteiger partial charge on any atom is -0.461 e. The zero-order chi connectivity index (χ0) is 7.11. The zero-order valence-corrected chi connectivity index (χ0v) is 6.13. The summed E-state index contributed by atoms with van der Waals surface area (Å²) < 4.78 is 4.67. The molecular formula is C7H13FO2. The van der Waals surface area contributed by atoms with Crippen LogP contribution in [-0.4, -0.2) is 12.6 Å². The van der Waals surface area contributed by atoms with E-state index in [1.165, 1.54) is 0 Å². The lowest BCUT2D eigenvalue weighted by Gasteiger charge is -1.97. The first-order valence-corrected chi connectivity index (χ1v) is 3.07. The molecule has 0 aliphatic rings. The summed E-state index contributed by atoms with van der Waals surface area (Å²) in [7, 11) is 0. The molecule has 0 atom stereocenters. The summed E-state index contributed by atoms with van der Waals surface area (Å²) in [6, 6.07) is 0. The first-order chi connectivity index (χ1) is 4.31. The second-order valence-corrected chi connectivity index (χ2v) is 1.72. The molecule has 3 heteroatoms. The summed E-state index contributed by atoms with van der Waals surface area (Å²) in [5.41, 5.74) is 0. The monoisotopic (exact) mass is 148 g/mol. The fourth-order valence-corrected chi connectivity index (χ4v) is 0.428. The maximum absolute atomic E-state index is 10.5. The Labute approximate surface area is 60.2 Å². The lowest BCUT2D eigenvalue weighted by molar-refractivity contribution is -0.142. The lowest BCUT2D eigenvalue weighted by atomic mass is 10.3. The van der Waals surface area contributed by atoms with E-state index in [9.17, 15) is 4.79 Å². The smallest absolute Gasteiger partial charge is 0.306 e. The average molecular weight is 148 g/mol. The molecule has 0 rings (SSSR count). The maximum Gasteiger partial charge on any atom is 0.306 e.